The van der Waals surface area contributed by atoms with Crippen molar-refractivity contribution in [3.05, 3.63) is 41.9 Å². The summed E-state index contributed by atoms with van der Waals surface area (Å²) in [7, 11) is 0. The molecule has 0 bridgehead atoms. The first-order chi connectivity index (χ1) is 15.2. The van der Waals surface area contributed by atoms with Crippen LogP contribution in [0.1, 0.15) is 69.3 Å². The average Bonchev–Trinajstić information content (AvgIpc) is 3.54. The zero-order valence-electron chi connectivity index (χ0n) is 18.4. The molecule has 1 aliphatic heterocycles. The Bertz CT molecular complexity index is 995. The first-order valence-electron chi connectivity index (χ1n) is 11.5. The maximum Gasteiger partial charge on any atom is 0.183 e. The van der Waals surface area contributed by atoms with Gasteiger partial charge >= 0.3 is 0 Å². The van der Waals surface area contributed by atoms with Gasteiger partial charge in [-0.2, -0.15) is 10.2 Å². The Morgan fingerprint density at radius 1 is 1.10 bits per heavy atom. The molecule has 1 saturated carbocycles. The van der Waals surface area contributed by atoms with E-state index in [9.17, 15) is 0 Å². The number of rotatable bonds is 6. The summed E-state index contributed by atoms with van der Waals surface area (Å²) in [6, 6.07) is 10.2. The molecule has 2 fully saturated rings. The van der Waals surface area contributed by atoms with Gasteiger partial charge in [-0.25, -0.2) is 9.67 Å². The van der Waals surface area contributed by atoms with E-state index in [1.807, 2.05) is 35.9 Å². The van der Waals surface area contributed by atoms with Gasteiger partial charge in [-0.05, 0) is 62.4 Å². The Hall–Kier alpha value is -2.67. The smallest absolute Gasteiger partial charge is 0.183 e. The molecule has 3 heterocycles. The lowest BCUT2D eigenvalue weighted by Crippen LogP contribution is -2.12. The van der Waals surface area contributed by atoms with Crippen LogP contribution < -0.4 is 4.74 Å². The Morgan fingerprint density at radius 2 is 1.90 bits per heavy atom. The summed E-state index contributed by atoms with van der Waals surface area (Å²) in [5, 5.41) is 12.8. The van der Waals surface area contributed by atoms with Crippen molar-refractivity contribution in [3.8, 4) is 23.0 Å². The highest BCUT2D eigenvalue weighted by Gasteiger charge is 2.27. The zero-order chi connectivity index (χ0) is 21.2. The minimum atomic E-state index is 0.377. The predicted octanol–water partition coefficient (Wildman–Crippen LogP) is 4.85. The molecule has 0 radical (unpaired) electrons. The molecule has 7 nitrogen and oxygen atoms in total. The molecule has 31 heavy (non-hydrogen) atoms. The molecule has 0 spiro atoms. The third-order valence-electron chi connectivity index (χ3n) is 6.59. The molecule has 7 heteroatoms. The van der Waals surface area contributed by atoms with Crippen LogP contribution in [-0.2, 0) is 4.74 Å². The van der Waals surface area contributed by atoms with E-state index in [0.29, 0.717) is 18.4 Å². The van der Waals surface area contributed by atoms with Gasteiger partial charge in [-0.15, -0.1) is 0 Å². The van der Waals surface area contributed by atoms with E-state index >= 15 is 0 Å². The van der Waals surface area contributed by atoms with Crippen LogP contribution in [0.2, 0.25) is 0 Å². The lowest BCUT2D eigenvalue weighted by Gasteiger charge is -2.23. The topological polar surface area (TPSA) is 77.9 Å². The van der Waals surface area contributed by atoms with Gasteiger partial charge in [0, 0.05) is 24.1 Å². The minimum Gasteiger partial charge on any atom is -0.494 e. The van der Waals surface area contributed by atoms with Crippen molar-refractivity contribution in [2.45, 2.75) is 57.8 Å². The second-order valence-electron chi connectivity index (χ2n) is 8.86. The number of H-pyrrole nitrogens is 1. The molecular weight excluding hydrogens is 390 g/mol. The second-order valence-corrected chi connectivity index (χ2v) is 8.86. The SMILES string of the molecule is CCOc1ccc(-n2nc(C3CCC(C)CC3)nc2-c2cc(C3CCOC3)[nH]n2)cc1. The Kier molecular flexibility index (Phi) is 5.76. The van der Waals surface area contributed by atoms with Crippen LogP contribution in [0.4, 0.5) is 0 Å². The fourth-order valence-corrected chi connectivity index (χ4v) is 4.66. The van der Waals surface area contributed by atoms with Crippen molar-refractivity contribution in [3.63, 3.8) is 0 Å². The normalized spacial score (nSPS) is 23.9. The van der Waals surface area contributed by atoms with Crippen LogP contribution in [0, 0.1) is 5.92 Å². The molecule has 3 aromatic rings. The number of hydrogen-bond acceptors (Lipinski definition) is 5. The quantitative estimate of drug-likeness (QED) is 0.615. The summed E-state index contributed by atoms with van der Waals surface area (Å²) < 4.78 is 13.1. The average molecular weight is 422 g/mol. The molecule has 2 aliphatic rings. The summed E-state index contributed by atoms with van der Waals surface area (Å²) in [4.78, 5) is 5.01. The summed E-state index contributed by atoms with van der Waals surface area (Å²) in [6.45, 7) is 6.54. The molecule has 1 unspecified atom stereocenters. The number of nitrogens with one attached hydrogen (secondary N) is 1. The third kappa shape index (κ3) is 4.24. The first-order valence-corrected chi connectivity index (χ1v) is 11.5. The first kappa shape index (κ1) is 20.2. The van der Waals surface area contributed by atoms with Crippen molar-refractivity contribution in [1.82, 2.24) is 25.0 Å². The number of nitrogens with zero attached hydrogens (tertiary/aromatic N) is 4. The molecule has 5 rings (SSSR count). The molecule has 1 aromatic carbocycles. The third-order valence-corrected chi connectivity index (χ3v) is 6.59. The monoisotopic (exact) mass is 421 g/mol. The van der Waals surface area contributed by atoms with Gasteiger partial charge in [0.2, 0.25) is 0 Å². The van der Waals surface area contributed by atoms with E-state index in [1.54, 1.807) is 0 Å². The van der Waals surface area contributed by atoms with E-state index in [1.165, 1.54) is 12.8 Å². The van der Waals surface area contributed by atoms with Gasteiger partial charge in [0.25, 0.3) is 0 Å². The summed E-state index contributed by atoms with van der Waals surface area (Å²) in [5.41, 5.74) is 2.91. The van der Waals surface area contributed by atoms with Crippen molar-refractivity contribution in [1.29, 1.82) is 0 Å². The summed E-state index contributed by atoms with van der Waals surface area (Å²) >= 11 is 0. The van der Waals surface area contributed by atoms with Gasteiger partial charge in [0.1, 0.15) is 11.4 Å². The molecule has 1 atom stereocenters. The number of aromatic nitrogens is 5. The van der Waals surface area contributed by atoms with Crippen LogP contribution in [0.3, 0.4) is 0 Å². The van der Waals surface area contributed by atoms with Crippen LogP contribution in [0.15, 0.2) is 30.3 Å². The Labute approximate surface area is 183 Å². The lowest BCUT2D eigenvalue weighted by atomic mass is 9.83. The summed E-state index contributed by atoms with van der Waals surface area (Å²) in [5.74, 6) is 4.18. The molecule has 2 aromatic heterocycles. The molecule has 1 N–H and O–H groups in total. The zero-order valence-corrected chi connectivity index (χ0v) is 18.4. The van der Waals surface area contributed by atoms with Crippen molar-refractivity contribution >= 4 is 0 Å². The highest BCUT2D eigenvalue weighted by Crippen LogP contribution is 2.36. The molecule has 1 aliphatic carbocycles. The highest BCUT2D eigenvalue weighted by molar-refractivity contribution is 5.54. The number of ether oxygens (including phenoxy) is 2. The summed E-state index contributed by atoms with van der Waals surface area (Å²) in [6.07, 6.45) is 5.81. The predicted molar refractivity (Wildman–Crippen MR) is 119 cm³/mol. The fraction of sp³-hybridized carbons (Fsp3) is 0.542. The van der Waals surface area contributed by atoms with Crippen molar-refractivity contribution < 1.29 is 9.47 Å². The van der Waals surface area contributed by atoms with Crippen molar-refractivity contribution in [2.24, 2.45) is 5.92 Å². The van der Waals surface area contributed by atoms with Gasteiger partial charge in [-0.3, -0.25) is 5.10 Å². The fourth-order valence-electron chi connectivity index (χ4n) is 4.66. The van der Waals surface area contributed by atoms with Gasteiger partial charge in [-0.1, -0.05) is 19.8 Å². The van der Waals surface area contributed by atoms with E-state index in [4.69, 9.17) is 19.6 Å². The van der Waals surface area contributed by atoms with Crippen LogP contribution in [0.5, 0.6) is 5.75 Å². The Morgan fingerprint density at radius 3 is 2.61 bits per heavy atom. The Balaban J connectivity index is 1.50. The molecule has 1 saturated heterocycles. The number of aromatic amines is 1. The lowest BCUT2D eigenvalue weighted by molar-refractivity contribution is 0.193. The standard InChI is InChI=1S/C24H31N5O2/c1-3-31-20-10-8-19(9-11-20)29-24(22-14-21(26-27-22)18-12-13-30-15-18)25-23(28-29)17-6-4-16(2)5-7-17/h8-11,14,16-18H,3-7,12-13,15H2,1-2H3,(H,26,27). The van der Waals surface area contributed by atoms with E-state index < -0.39 is 0 Å². The van der Waals surface area contributed by atoms with Crippen molar-refractivity contribution in [2.75, 3.05) is 19.8 Å². The van der Waals surface area contributed by atoms with Gasteiger partial charge in [0.05, 0.1) is 18.9 Å². The largest absolute Gasteiger partial charge is 0.494 e. The van der Waals surface area contributed by atoms with Crippen LogP contribution in [0.25, 0.3) is 17.2 Å². The van der Waals surface area contributed by atoms with E-state index in [0.717, 1.165) is 72.9 Å². The number of hydrogen-bond donors (Lipinski definition) is 1. The maximum absolute atomic E-state index is 5.61. The molecular formula is C24H31N5O2. The second kappa shape index (κ2) is 8.83. The molecule has 164 valence electrons. The van der Waals surface area contributed by atoms with Crippen LogP contribution in [-0.4, -0.2) is 44.8 Å². The minimum absolute atomic E-state index is 0.377. The van der Waals surface area contributed by atoms with Gasteiger partial charge < -0.3 is 9.47 Å². The van der Waals surface area contributed by atoms with Gasteiger partial charge in [0.15, 0.2) is 11.6 Å². The highest BCUT2D eigenvalue weighted by atomic mass is 16.5. The number of benzene rings is 1. The van der Waals surface area contributed by atoms with E-state index in [2.05, 4.69) is 23.2 Å². The maximum atomic E-state index is 5.61. The van der Waals surface area contributed by atoms with Crippen LogP contribution >= 0.6 is 0 Å². The van der Waals surface area contributed by atoms with E-state index in [-0.39, 0.29) is 0 Å². The molecule has 0 amide bonds.